The van der Waals surface area contributed by atoms with E-state index in [1.807, 2.05) is 43.5 Å². The van der Waals surface area contributed by atoms with E-state index in [2.05, 4.69) is 33.0 Å². The van der Waals surface area contributed by atoms with Gasteiger partial charge in [0.1, 0.15) is 5.82 Å². The van der Waals surface area contributed by atoms with Crippen molar-refractivity contribution in [1.29, 1.82) is 0 Å². The Morgan fingerprint density at radius 2 is 1.88 bits per heavy atom. The Labute approximate surface area is 158 Å². The van der Waals surface area contributed by atoms with Crippen LogP contribution in [0.25, 0.3) is 0 Å². The van der Waals surface area contributed by atoms with Gasteiger partial charge in [-0.25, -0.2) is 0 Å². The van der Waals surface area contributed by atoms with Crippen molar-refractivity contribution in [3.63, 3.8) is 0 Å². The molecule has 2 aromatic rings. The third kappa shape index (κ3) is 6.18. The fraction of sp³-hybridized carbons (Fsp3) is 0.444. The van der Waals surface area contributed by atoms with Crippen LogP contribution in [0.3, 0.4) is 0 Å². The Morgan fingerprint density at radius 1 is 1.15 bits per heavy atom. The minimum absolute atomic E-state index is 0.0166. The number of hydrogen-bond acceptors (Lipinski definition) is 5. The molecule has 0 saturated heterocycles. The van der Waals surface area contributed by atoms with E-state index in [-0.39, 0.29) is 30.2 Å². The van der Waals surface area contributed by atoms with Crippen LogP contribution in [-0.2, 0) is 22.6 Å². The monoisotopic (exact) mass is 375 g/mol. The van der Waals surface area contributed by atoms with Crippen molar-refractivity contribution in [2.45, 2.75) is 44.9 Å². The molecule has 0 fully saturated rings. The Kier molecular flexibility index (Phi) is 7.65. The van der Waals surface area contributed by atoms with E-state index in [1.165, 1.54) is 17.3 Å². The van der Waals surface area contributed by atoms with Crippen molar-refractivity contribution in [3.8, 4) is 0 Å². The number of rotatable bonds is 9. The largest absolute Gasteiger partial charge is 0.352 e. The molecule has 8 heteroatoms. The molecule has 0 aliphatic carbocycles. The highest BCUT2D eigenvalue weighted by molar-refractivity contribution is 7.99. The lowest BCUT2D eigenvalue weighted by molar-refractivity contribution is -0.125. The number of carbonyl (C=O) groups is 2. The second-order valence-corrected chi connectivity index (χ2v) is 7.04. The van der Waals surface area contributed by atoms with Crippen LogP contribution in [0.15, 0.2) is 35.5 Å². The maximum atomic E-state index is 11.9. The van der Waals surface area contributed by atoms with E-state index in [9.17, 15) is 9.59 Å². The van der Waals surface area contributed by atoms with E-state index in [1.54, 1.807) is 0 Å². The van der Waals surface area contributed by atoms with E-state index in [4.69, 9.17) is 0 Å². The van der Waals surface area contributed by atoms with Gasteiger partial charge in [-0.1, -0.05) is 42.1 Å². The molecule has 1 aromatic heterocycles. The number of amides is 2. The topological polar surface area (TPSA) is 88.9 Å². The Balaban J connectivity index is 1.87. The third-order valence-corrected chi connectivity index (χ3v) is 4.51. The number of thioether (sulfide) groups is 1. The van der Waals surface area contributed by atoms with Crippen molar-refractivity contribution in [1.82, 2.24) is 25.4 Å². The van der Waals surface area contributed by atoms with Crippen molar-refractivity contribution >= 4 is 23.6 Å². The SMILES string of the molecule is CCn1c(Cc2ccccc2)nnc1SCC(=O)NCC(=O)NC(C)C. The summed E-state index contributed by atoms with van der Waals surface area (Å²) < 4.78 is 2.01. The van der Waals surface area contributed by atoms with Gasteiger partial charge in [0.25, 0.3) is 0 Å². The van der Waals surface area contributed by atoms with Gasteiger partial charge < -0.3 is 15.2 Å². The van der Waals surface area contributed by atoms with Gasteiger partial charge in [0.15, 0.2) is 5.16 Å². The summed E-state index contributed by atoms with van der Waals surface area (Å²) in [5.41, 5.74) is 1.17. The van der Waals surface area contributed by atoms with Crippen LogP contribution in [-0.4, -0.2) is 44.9 Å². The first-order valence-electron chi connectivity index (χ1n) is 8.64. The highest BCUT2D eigenvalue weighted by atomic mass is 32.2. The predicted molar refractivity (Wildman–Crippen MR) is 102 cm³/mol. The van der Waals surface area contributed by atoms with Crippen LogP contribution in [0.2, 0.25) is 0 Å². The summed E-state index contributed by atoms with van der Waals surface area (Å²) in [6.45, 7) is 6.49. The molecule has 2 amide bonds. The van der Waals surface area contributed by atoms with Crippen LogP contribution in [0.5, 0.6) is 0 Å². The molecular formula is C18H25N5O2S. The standard InChI is InChI=1S/C18H25N5O2S/c1-4-23-15(10-14-8-6-5-7-9-14)21-22-18(23)26-12-17(25)19-11-16(24)20-13(2)3/h5-9,13H,4,10-12H2,1-3H3,(H,19,25)(H,20,24). The molecule has 7 nitrogen and oxygen atoms in total. The minimum atomic E-state index is -0.204. The number of nitrogens with one attached hydrogen (secondary N) is 2. The van der Waals surface area contributed by atoms with Crippen molar-refractivity contribution in [2.24, 2.45) is 0 Å². The van der Waals surface area contributed by atoms with Gasteiger partial charge in [-0.05, 0) is 26.3 Å². The normalized spacial score (nSPS) is 10.8. The van der Waals surface area contributed by atoms with Crippen molar-refractivity contribution < 1.29 is 9.59 Å². The molecule has 0 radical (unpaired) electrons. The molecule has 0 aliphatic rings. The first-order valence-corrected chi connectivity index (χ1v) is 9.63. The lowest BCUT2D eigenvalue weighted by Gasteiger charge is -2.09. The quantitative estimate of drug-likeness (QED) is 0.650. The summed E-state index contributed by atoms with van der Waals surface area (Å²) in [6.07, 6.45) is 0.698. The Bertz CT molecular complexity index is 730. The van der Waals surface area contributed by atoms with Gasteiger partial charge in [0.2, 0.25) is 11.8 Å². The highest BCUT2D eigenvalue weighted by Crippen LogP contribution is 2.18. The number of aromatic nitrogens is 3. The summed E-state index contributed by atoms with van der Waals surface area (Å²) in [5.74, 6) is 0.667. The fourth-order valence-electron chi connectivity index (χ4n) is 2.39. The van der Waals surface area contributed by atoms with Crippen molar-refractivity contribution in [3.05, 3.63) is 41.7 Å². The molecule has 1 heterocycles. The molecule has 1 aromatic carbocycles. The molecule has 0 spiro atoms. The molecule has 0 saturated carbocycles. The van der Waals surface area contributed by atoms with Gasteiger partial charge in [0, 0.05) is 19.0 Å². The maximum Gasteiger partial charge on any atom is 0.239 e. The van der Waals surface area contributed by atoms with E-state index in [0.29, 0.717) is 11.6 Å². The summed E-state index contributed by atoms with van der Waals surface area (Å²) in [6, 6.07) is 10.1. The van der Waals surface area contributed by atoms with E-state index < -0.39 is 0 Å². The third-order valence-electron chi connectivity index (χ3n) is 3.54. The lowest BCUT2D eigenvalue weighted by atomic mass is 10.1. The Morgan fingerprint density at radius 3 is 2.54 bits per heavy atom. The zero-order valence-electron chi connectivity index (χ0n) is 15.4. The van der Waals surface area contributed by atoms with Crippen LogP contribution >= 0.6 is 11.8 Å². The fourth-order valence-corrected chi connectivity index (χ4v) is 3.24. The smallest absolute Gasteiger partial charge is 0.239 e. The average molecular weight is 375 g/mol. The number of hydrogen-bond donors (Lipinski definition) is 2. The minimum Gasteiger partial charge on any atom is -0.352 e. The van der Waals surface area contributed by atoms with Gasteiger partial charge in [-0.3, -0.25) is 9.59 Å². The van der Waals surface area contributed by atoms with Crippen molar-refractivity contribution in [2.75, 3.05) is 12.3 Å². The van der Waals surface area contributed by atoms with Gasteiger partial charge in [-0.2, -0.15) is 0 Å². The van der Waals surface area contributed by atoms with Crippen LogP contribution in [0.4, 0.5) is 0 Å². The van der Waals surface area contributed by atoms with Crippen LogP contribution in [0.1, 0.15) is 32.2 Å². The average Bonchev–Trinajstić information content (AvgIpc) is 3.00. The second kappa shape index (κ2) is 9.96. The first kappa shape index (κ1) is 20.0. The zero-order valence-corrected chi connectivity index (χ0v) is 16.2. The predicted octanol–water partition coefficient (Wildman–Crippen LogP) is 1.62. The van der Waals surface area contributed by atoms with Gasteiger partial charge in [-0.15, -0.1) is 10.2 Å². The van der Waals surface area contributed by atoms with Gasteiger partial charge in [0.05, 0.1) is 12.3 Å². The molecule has 140 valence electrons. The molecule has 2 rings (SSSR count). The zero-order chi connectivity index (χ0) is 18.9. The summed E-state index contributed by atoms with van der Waals surface area (Å²) in [5, 5.41) is 14.5. The Hall–Kier alpha value is -2.35. The molecule has 26 heavy (non-hydrogen) atoms. The molecule has 2 N–H and O–H groups in total. The maximum absolute atomic E-state index is 11.9. The summed E-state index contributed by atoms with van der Waals surface area (Å²) in [7, 11) is 0. The summed E-state index contributed by atoms with van der Waals surface area (Å²) >= 11 is 1.32. The molecule has 0 atom stereocenters. The second-order valence-electron chi connectivity index (χ2n) is 6.09. The van der Waals surface area contributed by atoms with Gasteiger partial charge >= 0.3 is 0 Å². The number of nitrogens with zero attached hydrogens (tertiary/aromatic N) is 3. The molecule has 0 bridgehead atoms. The molecule has 0 aliphatic heterocycles. The summed E-state index contributed by atoms with van der Waals surface area (Å²) in [4.78, 5) is 23.5. The highest BCUT2D eigenvalue weighted by Gasteiger charge is 2.14. The van der Waals surface area contributed by atoms with E-state index in [0.717, 1.165) is 12.4 Å². The molecular weight excluding hydrogens is 350 g/mol. The van der Waals surface area contributed by atoms with E-state index >= 15 is 0 Å². The van der Waals surface area contributed by atoms with Crippen LogP contribution in [0, 0.1) is 0 Å². The number of benzene rings is 1. The lowest BCUT2D eigenvalue weighted by Crippen LogP contribution is -2.40. The van der Waals surface area contributed by atoms with Crippen LogP contribution < -0.4 is 10.6 Å². The first-order chi connectivity index (χ1) is 12.5. The molecule has 0 unspecified atom stereocenters. The number of carbonyl (C=O) groups excluding carboxylic acids is 2.